The number of carbonyl (C=O) groups excluding carboxylic acids is 1. The highest BCUT2D eigenvalue weighted by molar-refractivity contribution is 5.91. The lowest BCUT2D eigenvalue weighted by Crippen LogP contribution is -2.43. The maximum absolute atomic E-state index is 12.2. The van der Waals surface area contributed by atoms with Crippen LogP contribution in [0.5, 0.6) is 0 Å². The van der Waals surface area contributed by atoms with E-state index in [4.69, 9.17) is 4.52 Å². The van der Waals surface area contributed by atoms with Crippen LogP contribution in [0.1, 0.15) is 68.0 Å². The van der Waals surface area contributed by atoms with Crippen LogP contribution in [0.25, 0.3) is 0 Å². The van der Waals surface area contributed by atoms with Crippen LogP contribution in [0.15, 0.2) is 16.7 Å². The molecule has 2 aromatic rings. The lowest BCUT2D eigenvalue weighted by atomic mass is 9.90. The number of hydrogen-bond donors (Lipinski definition) is 3. The van der Waals surface area contributed by atoms with Gasteiger partial charge in [0.05, 0.1) is 12.1 Å². The van der Waals surface area contributed by atoms with Gasteiger partial charge in [0, 0.05) is 36.3 Å². The molecule has 0 aromatic carbocycles. The molecule has 1 saturated heterocycles. The maximum Gasteiger partial charge on any atom is 0.407 e. The van der Waals surface area contributed by atoms with E-state index in [-0.39, 0.29) is 18.4 Å². The average molecular weight is 415 g/mol. The Morgan fingerprint density at radius 1 is 1.30 bits per heavy atom. The quantitative estimate of drug-likeness (QED) is 0.661. The van der Waals surface area contributed by atoms with E-state index in [1.165, 1.54) is 0 Å². The number of hydrogen-bond acceptors (Lipinski definition) is 5. The minimum Gasteiger partial charge on any atom is -0.465 e. The third-order valence-corrected chi connectivity index (χ3v) is 6.34. The lowest BCUT2D eigenvalue weighted by Gasteiger charge is -2.35. The number of piperidine rings is 1. The normalized spacial score (nSPS) is 24.2. The van der Waals surface area contributed by atoms with Crippen LogP contribution in [-0.2, 0) is 11.2 Å². The van der Waals surface area contributed by atoms with E-state index in [9.17, 15) is 14.7 Å². The van der Waals surface area contributed by atoms with Gasteiger partial charge < -0.3 is 19.8 Å². The van der Waals surface area contributed by atoms with E-state index in [0.717, 1.165) is 56.3 Å². The zero-order valence-electron chi connectivity index (χ0n) is 17.3. The molecule has 2 aromatic heterocycles. The number of anilines is 1. The van der Waals surface area contributed by atoms with Gasteiger partial charge in [0.1, 0.15) is 5.76 Å². The molecule has 2 fully saturated rings. The van der Waals surface area contributed by atoms with Crippen molar-refractivity contribution >= 4 is 17.8 Å². The van der Waals surface area contributed by atoms with Crippen molar-refractivity contribution in [1.29, 1.82) is 0 Å². The third-order valence-electron chi connectivity index (χ3n) is 6.34. The summed E-state index contributed by atoms with van der Waals surface area (Å²) < 4.78 is 5.08. The van der Waals surface area contributed by atoms with E-state index in [1.54, 1.807) is 11.0 Å². The number of likely N-dealkylation sites (tertiary alicyclic amines) is 1. The van der Waals surface area contributed by atoms with Gasteiger partial charge in [0.25, 0.3) is 0 Å². The van der Waals surface area contributed by atoms with E-state index >= 15 is 0 Å². The molecule has 1 aliphatic heterocycles. The Bertz CT molecular complexity index is 892. The molecule has 1 saturated carbocycles. The molecule has 3 heterocycles. The van der Waals surface area contributed by atoms with E-state index in [2.05, 4.69) is 20.7 Å². The van der Waals surface area contributed by atoms with Gasteiger partial charge in [0.15, 0.2) is 5.82 Å². The van der Waals surface area contributed by atoms with Crippen LogP contribution in [0.4, 0.5) is 10.6 Å². The van der Waals surface area contributed by atoms with Crippen LogP contribution >= 0.6 is 0 Å². The van der Waals surface area contributed by atoms with Gasteiger partial charge in [-0.05, 0) is 57.8 Å². The Kier molecular flexibility index (Phi) is 6.06. The first kappa shape index (κ1) is 20.4. The summed E-state index contributed by atoms with van der Waals surface area (Å²) in [4.78, 5) is 25.3. The number of amides is 2. The largest absolute Gasteiger partial charge is 0.465 e. The molecule has 1 aliphatic carbocycles. The van der Waals surface area contributed by atoms with Crippen molar-refractivity contribution in [3.05, 3.63) is 29.3 Å². The van der Waals surface area contributed by atoms with Crippen LogP contribution in [0, 0.1) is 12.8 Å². The Morgan fingerprint density at radius 2 is 2.17 bits per heavy atom. The van der Waals surface area contributed by atoms with E-state index in [1.807, 2.05) is 13.0 Å². The number of nitrogens with one attached hydrogen (secondary N) is 2. The Hall–Kier alpha value is -2.84. The number of aromatic nitrogens is 3. The van der Waals surface area contributed by atoms with Crippen molar-refractivity contribution in [3.63, 3.8) is 0 Å². The third kappa shape index (κ3) is 4.83. The van der Waals surface area contributed by atoms with Crippen LogP contribution in [-0.4, -0.2) is 49.9 Å². The number of aryl methyl sites for hydroxylation is 1. The minimum absolute atomic E-state index is 0.121. The molecule has 9 heteroatoms. The topological polar surface area (TPSA) is 124 Å². The van der Waals surface area contributed by atoms with Gasteiger partial charge in [-0.2, -0.15) is 5.10 Å². The summed E-state index contributed by atoms with van der Waals surface area (Å²) in [6, 6.07) is 3.79. The number of nitrogens with zero attached hydrogens (tertiary/aromatic N) is 3. The van der Waals surface area contributed by atoms with E-state index in [0.29, 0.717) is 30.0 Å². The van der Waals surface area contributed by atoms with Gasteiger partial charge in [-0.3, -0.25) is 9.89 Å². The molecule has 3 N–H and O–H groups in total. The number of aromatic amines is 1. The summed E-state index contributed by atoms with van der Waals surface area (Å²) in [7, 11) is 0. The van der Waals surface area contributed by atoms with Crippen molar-refractivity contribution in [1.82, 2.24) is 20.3 Å². The smallest absolute Gasteiger partial charge is 0.407 e. The van der Waals surface area contributed by atoms with Crippen molar-refractivity contribution in [2.75, 3.05) is 11.9 Å². The first-order valence-corrected chi connectivity index (χ1v) is 10.7. The highest BCUT2D eigenvalue weighted by Gasteiger charge is 2.33. The molecule has 30 heavy (non-hydrogen) atoms. The monoisotopic (exact) mass is 415 g/mol. The van der Waals surface area contributed by atoms with Gasteiger partial charge in [-0.25, -0.2) is 4.79 Å². The van der Waals surface area contributed by atoms with Gasteiger partial charge in [0.2, 0.25) is 5.91 Å². The molecular formula is C21H29N5O4. The lowest BCUT2D eigenvalue weighted by molar-refractivity contribution is -0.115. The molecule has 0 spiro atoms. The van der Waals surface area contributed by atoms with Crippen molar-refractivity contribution < 1.29 is 19.2 Å². The predicted molar refractivity (Wildman–Crippen MR) is 109 cm³/mol. The average Bonchev–Trinajstić information content (AvgIpc) is 3.44. The second-order valence-corrected chi connectivity index (χ2v) is 8.61. The maximum atomic E-state index is 12.2. The molecule has 162 valence electrons. The zero-order chi connectivity index (χ0) is 21.1. The van der Waals surface area contributed by atoms with Gasteiger partial charge in [-0.1, -0.05) is 5.16 Å². The molecule has 4 rings (SSSR count). The molecule has 9 nitrogen and oxygen atoms in total. The molecule has 3 atom stereocenters. The van der Waals surface area contributed by atoms with Crippen molar-refractivity contribution in [3.8, 4) is 0 Å². The highest BCUT2D eigenvalue weighted by atomic mass is 16.5. The number of H-pyrrole nitrogens is 1. The summed E-state index contributed by atoms with van der Waals surface area (Å²) in [5.74, 6) is 1.74. The second kappa shape index (κ2) is 8.89. The first-order chi connectivity index (χ1) is 14.5. The van der Waals surface area contributed by atoms with Crippen molar-refractivity contribution in [2.24, 2.45) is 5.92 Å². The Morgan fingerprint density at radius 3 is 2.93 bits per heavy atom. The van der Waals surface area contributed by atoms with E-state index < -0.39 is 6.09 Å². The summed E-state index contributed by atoms with van der Waals surface area (Å²) in [5.41, 5.74) is 1.78. The highest BCUT2D eigenvalue weighted by Crippen LogP contribution is 2.41. The fourth-order valence-corrected chi connectivity index (χ4v) is 4.91. The standard InChI is InChI=1S/C21H29N5O4/c1-13-8-17(30-25-13)11-20(27)22-19-12-18(23-24-19)15-6-5-14(9-15)10-16-4-2-3-7-26(16)21(28)29/h8,12,14-16H,2-7,9-11H2,1H3,(H,28,29)(H2,22,23,24,27)/t14?,15?,16-/m1/s1. The number of carboxylic acid groups (broad SMARTS) is 1. The van der Waals surface area contributed by atoms with Crippen LogP contribution in [0.2, 0.25) is 0 Å². The SMILES string of the molecule is Cc1cc(CC(=O)Nc2cc(C3CCC(C[C@H]4CCCCN4C(=O)O)C3)[nH]n2)on1. The fraction of sp³-hybridized carbons (Fsp3) is 0.619. The predicted octanol–water partition coefficient (Wildman–Crippen LogP) is 3.69. The fourth-order valence-electron chi connectivity index (χ4n) is 4.91. The molecule has 0 radical (unpaired) electrons. The van der Waals surface area contributed by atoms with Crippen LogP contribution < -0.4 is 5.32 Å². The molecule has 2 unspecified atom stereocenters. The summed E-state index contributed by atoms with van der Waals surface area (Å²) in [5, 5.41) is 23.3. The Labute approximate surface area is 175 Å². The first-order valence-electron chi connectivity index (χ1n) is 10.7. The molecular weight excluding hydrogens is 386 g/mol. The summed E-state index contributed by atoms with van der Waals surface area (Å²) in [6.07, 6.45) is 6.50. The number of carbonyl (C=O) groups is 2. The molecule has 0 bridgehead atoms. The Balaban J connectivity index is 1.29. The second-order valence-electron chi connectivity index (χ2n) is 8.61. The molecule has 2 amide bonds. The molecule has 2 aliphatic rings. The summed E-state index contributed by atoms with van der Waals surface area (Å²) in [6.45, 7) is 2.47. The van der Waals surface area contributed by atoms with Crippen LogP contribution in [0.3, 0.4) is 0 Å². The number of rotatable bonds is 6. The minimum atomic E-state index is -0.788. The van der Waals surface area contributed by atoms with Gasteiger partial charge in [-0.15, -0.1) is 0 Å². The zero-order valence-corrected chi connectivity index (χ0v) is 17.3. The van der Waals surface area contributed by atoms with Gasteiger partial charge >= 0.3 is 6.09 Å². The van der Waals surface area contributed by atoms with Crippen molar-refractivity contribution in [2.45, 2.75) is 70.3 Å². The summed E-state index contributed by atoms with van der Waals surface area (Å²) >= 11 is 0.